The van der Waals surface area contributed by atoms with Crippen molar-refractivity contribution in [2.24, 2.45) is 0 Å². The zero-order valence-electron chi connectivity index (χ0n) is 17.6. The number of pyridine rings is 1. The highest BCUT2D eigenvalue weighted by Crippen LogP contribution is 2.21. The summed E-state index contributed by atoms with van der Waals surface area (Å²) in [6.45, 7) is 3.92. The third-order valence-corrected chi connectivity index (χ3v) is 5.78. The molecule has 0 aliphatic heterocycles. The summed E-state index contributed by atoms with van der Waals surface area (Å²) in [6, 6.07) is 11.0. The third-order valence-electron chi connectivity index (χ3n) is 5.78. The van der Waals surface area contributed by atoms with Gasteiger partial charge in [-0.15, -0.1) is 0 Å². The van der Waals surface area contributed by atoms with Gasteiger partial charge in [0.15, 0.2) is 5.65 Å². The van der Waals surface area contributed by atoms with E-state index in [4.69, 9.17) is 0 Å². The second kappa shape index (κ2) is 8.78. The molecule has 3 aromatic rings. The zero-order valence-corrected chi connectivity index (χ0v) is 17.6. The van der Waals surface area contributed by atoms with Crippen LogP contribution in [0, 0.1) is 0 Å². The van der Waals surface area contributed by atoms with Crippen LogP contribution in [0.25, 0.3) is 22.4 Å². The van der Waals surface area contributed by atoms with Crippen molar-refractivity contribution in [3.05, 3.63) is 58.5 Å². The van der Waals surface area contributed by atoms with E-state index in [1.54, 1.807) is 35.0 Å². The van der Waals surface area contributed by atoms with Gasteiger partial charge in [0.2, 0.25) is 0 Å². The number of nitrogens with zero attached hydrogens (tertiary/aromatic N) is 3. The summed E-state index contributed by atoms with van der Waals surface area (Å²) in [5.74, 6) is -0.0521. The number of carbonyl (C=O) groups is 1. The molecule has 2 aromatic heterocycles. The molecular formula is C24H28N4O2. The average Bonchev–Trinajstić information content (AvgIpc) is 3.01. The fraction of sp³-hybridized carbons (Fsp3) is 0.417. The summed E-state index contributed by atoms with van der Waals surface area (Å²) >= 11 is 0. The Labute approximate surface area is 176 Å². The monoisotopic (exact) mass is 404 g/mol. The maximum absolute atomic E-state index is 13.1. The predicted molar refractivity (Wildman–Crippen MR) is 119 cm³/mol. The topological polar surface area (TPSA) is 76.9 Å². The summed E-state index contributed by atoms with van der Waals surface area (Å²) in [7, 11) is 0. The van der Waals surface area contributed by atoms with Crippen molar-refractivity contribution >= 4 is 17.1 Å². The molecule has 1 saturated carbocycles. The van der Waals surface area contributed by atoms with Crippen LogP contribution in [0.3, 0.4) is 0 Å². The van der Waals surface area contributed by atoms with Gasteiger partial charge >= 0.3 is 0 Å². The summed E-state index contributed by atoms with van der Waals surface area (Å²) in [5.41, 5.74) is 2.77. The summed E-state index contributed by atoms with van der Waals surface area (Å²) < 4.78 is 1.67. The van der Waals surface area contributed by atoms with Crippen LogP contribution in [0.15, 0.2) is 47.4 Å². The quantitative estimate of drug-likeness (QED) is 0.650. The summed E-state index contributed by atoms with van der Waals surface area (Å²) in [6.07, 6.45) is 8.63. The van der Waals surface area contributed by atoms with Crippen LogP contribution >= 0.6 is 0 Å². The molecule has 0 spiro atoms. The molecule has 0 radical (unpaired) electrons. The van der Waals surface area contributed by atoms with Gasteiger partial charge < -0.3 is 5.32 Å². The Balaban J connectivity index is 1.62. The molecule has 6 heteroatoms. The van der Waals surface area contributed by atoms with Crippen LogP contribution in [0.1, 0.15) is 68.8 Å². The van der Waals surface area contributed by atoms with Crippen molar-refractivity contribution in [1.82, 2.24) is 19.9 Å². The molecule has 0 atom stereocenters. The average molecular weight is 405 g/mol. The Morgan fingerprint density at radius 3 is 2.43 bits per heavy atom. The largest absolute Gasteiger partial charge is 0.349 e. The number of rotatable bonds is 4. The first-order valence-corrected chi connectivity index (χ1v) is 10.8. The van der Waals surface area contributed by atoms with E-state index in [1.807, 2.05) is 26.0 Å². The van der Waals surface area contributed by atoms with Gasteiger partial charge in [0.1, 0.15) is 11.2 Å². The van der Waals surface area contributed by atoms with Crippen LogP contribution < -0.4 is 10.9 Å². The highest BCUT2D eigenvalue weighted by molar-refractivity contribution is 5.94. The van der Waals surface area contributed by atoms with Gasteiger partial charge in [0.05, 0.1) is 0 Å². The smallest absolute Gasteiger partial charge is 0.278 e. The Morgan fingerprint density at radius 1 is 1.07 bits per heavy atom. The molecule has 0 saturated heterocycles. The third kappa shape index (κ3) is 4.13. The Hall–Kier alpha value is -3.02. The van der Waals surface area contributed by atoms with Gasteiger partial charge in [-0.25, -0.2) is 9.97 Å². The molecule has 1 aromatic carbocycles. The van der Waals surface area contributed by atoms with Crippen molar-refractivity contribution in [2.75, 3.05) is 0 Å². The molecule has 156 valence electrons. The van der Waals surface area contributed by atoms with Gasteiger partial charge in [0.25, 0.3) is 11.5 Å². The van der Waals surface area contributed by atoms with Gasteiger partial charge in [0, 0.05) is 29.4 Å². The highest BCUT2D eigenvalue weighted by atomic mass is 16.1. The number of aromatic nitrogens is 3. The van der Waals surface area contributed by atoms with Crippen LogP contribution in [-0.4, -0.2) is 26.5 Å². The van der Waals surface area contributed by atoms with Crippen LogP contribution in [-0.2, 0) is 0 Å². The van der Waals surface area contributed by atoms with Gasteiger partial charge in [-0.05, 0) is 51.0 Å². The molecule has 1 fully saturated rings. The lowest BCUT2D eigenvalue weighted by molar-refractivity contribution is 0.0933. The lowest BCUT2D eigenvalue weighted by Crippen LogP contribution is -2.34. The Bertz CT molecular complexity index is 1090. The zero-order chi connectivity index (χ0) is 21.1. The van der Waals surface area contributed by atoms with Gasteiger partial charge in [-0.1, -0.05) is 37.8 Å². The van der Waals surface area contributed by atoms with Crippen LogP contribution in [0.2, 0.25) is 0 Å². The molecule has 2 heterocycles. The molecule has 1 amide bonds. The maximum Gasteiger partial charge on any atom is 0.278 e. The second-order valence-corrected chi connectivity index (χ2v) is 8.31. The lowest BCUT2D eigenvalue weighted by Gasteiger charge is -2.16. The minimum atomic E-state index is -0.174. The van der Waals surface area contributed by atoms with E-state index < -0.39 is 0 Å². The summed E-state index contributed by atoms with van der Waals surface area (Å²) in [4.78, 5) is 34.7. The van der Waals surface area contributed by atoms with E-state index in [-0.39, 0.29) is 23.6 Å². The Morgan fingerprint density at radius 2 is 1.77 bits per heavy atom. The van der Waals surface area contributed by atoms with Gasteiger partial charge in [-0.2, -0.15) is 0 Å². The number of fused-ring (bicyclic) bond motifs is 1. The van der Waals surface area contributed by atoms with E-state index in [0.29, 0.717) is 28.0 Å². The molecule has 1 aliphatic rings. The van der Waals surface area contributed by atoms with Crippen LogP contribution in [0.4, 0.5) is 0 Å². The first kappa shape index (κ1) is 20.3. The van der Waals surface area contributed by atoms with Gasteiger partial charge in [-0.3, -0.25) is 14.2 Å². The molecule has 1 aliphatic carbocycles. The van der Waals surface area contributed by atoms with Crippen molar-refractivity contribution < 1.29 is 4.79 Å². The van der Waals surface area contributed by atoms with Crippen molar-refractivity contribution in [2.45, 2.75) is 64.5 Å². The number of benzene rings is 1. The van der Waals surface area contributed by atoms with E-state index >= 15 is 0 Å². The fourth-order valence-corrected chi connectivity index (χ4v) is 4.18. The molecule has 0 unspecified atom stereocenters. The normalized spacial score (nSPS) is 15.3. The van der Waals surface area contributed by atoms with E-state index in [2.05, 4.69) is 15.3 Å². The first-order chi connectivity index (χ1) is 14.5. The first-order valence-electron chi connectivity index (χ1n) is 10.8. The number of amides is 1. The predicted octanol–water partition coefficient (Wildman–Crippen LogP) is 4.49. The van der Waals surface area contributed by atoms with E-state index in [1.165, 1.54) is 25.7 Å². The number of hydrogen-bond acceptors (Lipinski definition) is 4. The van der Waals surface area contributed by atoms with Crippen molar-refractivity contribution in [3.63, 3.8) is 0 Å². The molecular weight excluding hydrogens is 376 g/mol. The minimum Gasteiger partial charge on any atom is -0.349 e. The number of hydrogen-bond donors (Lipinski definition) is 1. The minimum absolute atomic E-state index is 0.0405. The molecule has 4 rings (SSSR count). The Kier molecular flexibility index (Phi) is 5.93. The molecule has 30 heavy (non-hydrogen) atoms. The molecule has 1 N–H and O–H groups in total. The summed E-state index contributed by atoms with van der Waals surface area (Å²) in [5, 5.41) is 3.17. The second-order valence-electron chi connectivity index (χ2n) is 8.31. The van der Waals surface area contributed by atoms with Crippen molar-refractivity contribution in [3.8, 4) is 11.3 Å². The molecule has 6 nitrogen and oxygen atoms in total. The van der Waals surface area contributed by atoms with Crippen LogP contribution in [0.5, 0.6) is 0 Å². The standard InChI is InChI=1S/C24H28N4O2/c1-16(2)28-22-20(10-7-15-25-22)27-21(24(28)30)17-11-13-18(14-12-17)23(29)26-19-8-5-3-4-6-9-19/h7,10-16,19H,3-6,8-9H2,1-2H3,(H,26,29). The van der Waals surface area contributed by atoms with E-state index in [9.17, 15) is 9.59 Å². The van der Waals surface area contributed by atoms with E-state index in [0.717, 1.165) is 12.8 Å². The van der Waals surface area contributed by atoms with Crippen molar-refractivity contribution in [1.29, 1.82) is 0 Å². The number of nitrogens with one attached hydrogen (secondary N) is 1. The number of carbonyl (C=O) groups excluding carboxylic acids is 1. The maximum atomic E-state index is 13.1. The fourth-order valence-electron chi connectivity index (χ4n) is 4.18. The lowest BCUT2D eigenvalue weighted by atomic mass is 10.1. The molecule has 0 bridgehead atoms. The highest BCUT2D eigenvalue weighted by Gasteiger charge is 2.18. The SMILES string of the molecule is CC(C)n1c(=O)c(-c2ccc(C(=O)NC3CCCCCC3)cc2)nc2cccnc21.